The Morgan fingerprint density at radius 1 is 0.850 bits per heavy atom. The predicted molar refractivity (Wildman–Crippen MR) is 174 cm³/mol. The summed E-state index contributed by atoms with van der Waals surface area (Å²) < 4.78 is 0. The number of nitrogens with one attached hydrogen (secondary N) is 2. The SMILES string of the molecule is CCCCCCCNC(=O)Nc1ccccc1C(=O)N(C/C=C(\C)CCC=C(C)C)c1ccc(N(C)C)cc1.Cl. The summed E-state index contributed by atoms with van der Waals surface area (Å²) in [6, 6.07) is 14.9. The quantitative estimate of drug-likeness (QED) is 0.167. The lowest BCUT2D eigenvalue weighted by atomic mass is 10.1. The van der Waals surface area contributed by atoms with Crippen molar-refractivity contribution >= 4 is 41.4 Å². The standard InChI is InChI=1S/C33H48N4O2.ClH/c1-7-8-9-10-13-24-34-33(39)35-31-18-12-11-17-30(31)32(38)37(25-23-27(4)16-14-15-26(2)3)29-21-19-28(20-22-29)36(5)6;/h11-12,15,17-23H,7-10,13-14,16,24-25H2,1-6H3,(H2,34,35,39);1H/b27-23+;. The van der Waals surface area contributed by atoms with E-state index in [4.69, 9.17) is 0 Å². The zero-order chi connectivity index (χ0) is 28.6. The van der Waals surface area contributed by atoms with Crippen LogP contribution in [0.25, 0.3) is 0 Å². The van der Waals surface area contributed by atoms with Crippen LogP contribution in [0.4, 0.5) is 21.9 Å². The molecule has 0 aromatic heterocycles. The molecule has 3 amide bonds. The third kappa shape index (κ3) is 12.3. The third-order valence-corrected chi connectivity index (χ3v) is 6.61. The summed E-state index contributed by atoms with van der Waals surface area (Å²) in [7, 11) is 3.99. The number of amides is 3. The van der Waals surface area contributed by atoms with Crippen LogP contribution in [-0.4, -0.2) is 39.1 Å². The zero-order valence-electron chi connectivity index (χ0n) is 25.3. The van der Waals surface area contributed by atoms with E-state index in [1.165, 1.54) is 30.4 Å². The minimum atomic E-state index is -0.289. The number of hydrogen-bond donors (Lipinski definition) is 2. The zero-order valence-corrected chi connectivity index (χ0v) is 26.1. The Labute approximate surface area is 248 Å². The Kier molecular flexibility index (Phi) is 16.5. The molecule has 0 unspecified atom stereocenters. The van der Waals surface area contributed by atoms with Gasteiger partial charge in [-0.3, -0.25) is 4.79 Å². The fourth-order valence-corrected chi connectivity index (χ4v) is 4.19. The monoisotopic (exact) mass is 568 g/mol. The van der Waals surface area contributed by atoms with E-state index in [9.17, 15) is 9.59 Å². The van der Waals surface area contributed by atoms with Crippen molar-refractivity contribution in [2.75, 3.05) is 42.3 Å². The van der Waals surface area contributed by atoms with E-state index in [2.05, 4.69) is 50.5 Å². The van der Waals surface area contributed by atoms with Crippen molar-refractivity contribution in [1.29, 1.82) is 0 Å². The first-order valence-electron chi connectivity index (χ1n) is 14.2. The van der Waals surface area contributed by atoms with Crippen LogP contribution < -0.4 is 20.4 Å². The Bertz CT molecular complexity index is 1110. The van der Waals surface area contributed by atoms with Crippen LogP contribution in [0.5, 0.6) is 0 Å². The fraction of sp³-hybridized carbons (Fsp3) is 0.455. The highest BCUT2D eigenvalue weighted by molar-refractivity contribution is 6.11. The molecule has 0 spiro atoms. The van der Waals surface area contributed by atoms with E-state index in [0.29, 0.717) is 24.3 Å². The van der Waals surface area contributed by atoms with E-state index in [1.807, 2.05) is 55.4 Å². The van der Waals surface area contributed by atoms with Gasteiger partial charge in [0, 0.05) is 38.6 Å². The van der Waals surface area contributed by atoms with Crippen LogP contribution >= 0.6 is 12.4 Å². The summed E-state index contributed by atoms with van der Waals surface area (Å²) in [5, 5.41) is 5.83. The molecule has 0 atom stereocenters. The number of rotatable bonds is 15. The van der Waals surface area contributed by atoms with Gasteiger partial charge in [0.25, 0.3) is 5.91 Å². The lowest BCUT2D eigenvalue weighted by Gasteiger charge is -2.24. The van der Waals surface area contributed by atoms with Crippen molar-refractivity contribution in [3.8, 4) is 0 Å². The summed E-state index contributed by atoms with van der Waals surface area (Å²) >= 11 is 0. The lowest BCUT2D eigenvalue weighted by molar-refractivity contribution is 0.0990. The van der Waals surface area contributed by atoms with Gasteiger partial charge in [0.15, 0.2) is 0 Å². The van der Waals surface area contributed by atoms with Gasteiger partial charge in [0.05, 0.1) is 11.3 Å². The van der Waals surface area contributed by atoms with Gasteiger partial charge in [-0.25, -0.2) is 4.79 Å². The van der Waals surface area contributed by atoms with Crippen molar-refractivity contribution in [1.82, 2.24) is 5.32 Å². The predicted octanol–water partition coefficient (Wildman–Crippen LogP) is 8.61. The Morgan fingerprint density at radius 3 is 2.15 bits per heavy atom. The summed E-state index contributed by atoms with van der Waals surface area (Å²) in [6.45, 7) is 9.57. The van der Waals surface area contributed by atoms with Crippen LogP contribution in [-0.2, 0) is 0 Å². The van der Waals surface area contributed by atoms with Gasteiger partial charge in [-0.2, -0.15) is 0 Å². The summed E-state index contributed by atoms with van der Waals surface area (Å²) in [6.07, 6.45) is 11.9. The molecular formula is C33H49ClN4O2. The average Bonchev–Trinajstić information content (AvgIpc) is 2.91. The van der Waals surface area contributed by atoms with Crippen LogP contribution in [0.1, 0.15) is 83.0 Å². The molecule has 0 heterocycles. The smallest absolute Gasteiger partial charge is 0.319 e. The van der Waals surface area contributed by atoms with Gasteiger partial charge < -0.3 is 20.4 Å². The van der Waals surface area contributed by atoms with E-state index >= 15 is 0 Å². The van der Waals surface area contributed by atoms with Crippen molar-refractivity contribution in [2.45, 2.75) is 72.6 Å². The molecule has 0 saturated heterocycles. The second-order valence-corrected chi connectivity index (χ2v) is 10.5. The number of hydrogen-bond acceptors (Lipinski definition) is 3. The molecule has 2 rings (SSSR count). The third-order valence-electron chi connectivity index (χ3n) is 6.61. The molecule has 7 heteroatoms. The van der Waals surface area contributed by atoms with E-state index in [1.54, 1.807) is 17.0 Å². The molecule has 0 radical (unpaired) electrons. The molecule has 6 nitrogen and oxygen atoms in total. The molecule has 2 N–H and O–H groups in total. The first kappa shape index (κ1) is 34.8. The molecule has 220 valence electrons. The van der Waals surface area contributed by atoms with E-state index in [-0.39, 0.29) is 24.3 Å². The molecule has 0 fully saturated rings. The number of benzene rings is 2. The first-order valence-corrected chi connectivity index (χ1v) is 14.2. The molecule has 2 aromatic rings. The largest absolute Gasteiger partial charge is 0.378 e. The van der Waals surface area contributed by atoms with Gasteiger partial charge >= 0.3 is 6.03 Å². The highest BCUT2D eigenvalue weighted by atomic mass is 35.5. The maximum atomic E-state index is 13.9. The molecule has 40 heavy (non-hydrogen) atoms. The topological polar surface area (TPSA) is 64.7 Å². The number of unbranched alkanes of at least 4 members (excludes halogenated alkanes) is 4. The van der Waals surface area contributed by atoms with Crippen LogP contribution in [0.3, 0.4) is 0 Å². The van der Waals surface area contributed by atoms with Gasteiger partial charge in [0.2, 0.25) is 0 Å². The minimum absolute atomic E-state index is 0. The second-order valence-electron chi connectivity index (χ2n) is 10.5. The van der Waals surface area contributed by atoms with Crippen molar-refractivity contribution in [3.63, 3.8) is 0 Å². The molecule has 0 aliphatic carbocycles. The number of carbonyl (C=O) groups excluding carboxylic acids is 2. The maximum Gasteiger partial charge on any atom is 0.319 e. The van der Waals surface area contributed by atoms with Crippen molar-refractivity contribution in [2.24, 2.45) is 0 Å². The molecule has 2 aromatic carbocycles. The summed E-state index contributed by atoms with van der Waals surface area (Å²) in [4.78, 5) is 30.4. The number of halogens is 1. The second kappa shape index (κ2) is 18.9. The number of allylic oxidation sites excluding steroid dienone is 3. The molecule has 0 aliphatic rings. The molecule has 0 bridgehead atoms. The molecular weight excluding hydrogens is 520 g/mol. The van der Waals surface area contributed by atoms with E-state index < -0.39 is 0 Å². The minimum Gasteiger partial charge on any atom is -0.378 e. The van der Waals surface area contributed by atoms with Gasteiger partial charge in [-0.15, -0.1) is 12.4 Å². The number of para-hydroxylation sites is 1. The van der Waals surface area contributed by atoms with Crippen LogP contribution in [0.2, 0.25) is 0 Å². The number of anilines is 3. The van der Waals surface area contributed by atoms with Crippen LogP contribution in [0.15, 0.2) is 71.8 Å². The number of carbonyl (C=O) groups is 2. The fourth-order valence-electron chi connectivity index (χ4n) is 4.19. The normalized spacial score (nSPS) is 10.8. The Morgan fingerprint density at radius 2 is 1.50 bits per heavy atom. The van der Waals surface area contributed by atoms with Gasteiger partial charge in [0.1, 0.15) is 0 Å². The molecule has 0 saturated carbocycles. The summed E-state index contributed by atoms with van der Waals surface area (Å²) in [5.41, 5.74) is 5.39. The highest BCUT2D eigenvalue weighted by Crippen LogP contribution is 2.25. The highest BCUT2D eigenvalue weighted by Gasteiger charge is 2.21. The number of urea groups is 1. The van der Waals surface area contributed by atoms with E-state index in [0.717, 1.165) is 37.1 Å². The lowest BCUT2D eigenvalue weighted by Crippen LogP contribution is -2.34. The van der Waals surface area contributed by atoms with Crippen LogP contribution in [0, 0.1) is 0 Å². The van der Waals surface area contributed by atoms with Gasteiger partial charge in [-0.1, -0.05) is 68.0 Å². The maximum absolute atomic E-state index is 13.9. The van der Waals surface area contributed by atoms with Crippen molar-refractivity contribution < 1.29 is 9.59 Å². The molecule has 0 aliphatic heterocycles. The Hall–Kier alpha value is -3.25. The number of nitrogens with zero attached hydrogens (tertiary/aromatic N) is 2. The first-order chi connectivity index (χ1) is 18.7. The summed E-state index contributed by atoms with van der Waals surface area (Å²) in [5.74, 6) is -0.156. The van der Waals surface area contributed by atoms with Crippen molar-refractivity contribution in [3.05, 3.63) is 77.4 Å². The Balaban J connectivity index is 0.00000800. The van der Waals surface area contributed by atoms with Gasteiger partial charge in [-0.05, 0) is 76.4 Å². The average molecular weight is 569 g/mol.